The minimum atomic E-state index is -4.86. The number of nitrogens with one attached hydrogen (secondary N) is 1. The first-order chi connectivity index (χ1) is 10.2. The van der Waals surface area contributed by atoms with Crippen LogP contribution in [0, 0.1) is 0 Å². The summed E-state index contributed by atoms with van der Waals surface area (Å²) in [4.78, 5) is 31.9. The Kier molecular flexibility index (Phi) is 6.49. The van der Waals surface area contributed by atoms with Crippen molar-refractivity contribution in [2.75, 3.05) is 19.4 Å². The third kappa shape index (κ3) is 4.39. The molecule has 1 atom stereocenters. The van der Waals surface area contributed by atoms with Gasteiger partial charge < -0.3 is 20.4 Å². The number of aromatic nitrogens is 1. The number of carbonyl (C=O) groups is 2. The van der Waals surface area contributed by atoms with Crippen molar-refractivity contribution in [2.24, 2.45) is 5.16 Å². The summed E-state index contributed by atoms with van der Waals surface area (Å²) in [5, 5.41) is 7.41. The molecule has 0 radical (unpaired) electrons. The molecule has 3 N–H and O–H groups in total. The molecule has 0 aromatic carbocycles. The van der Waals surface area contributed by atoms with Crippen LogP contribution in [-0.4, -0.2) is 59.5 Å². The molecule has 0 saturated carbocycles. The van der Waals surface area contributed by atoms with Crippen molar-refractivity contribution in [1.82, 2.24) is 14.6 Å². The molecule has 0 bridgehead atoms. The monoisotopic (exact) mass is 371 g/mol. The molecule has 2 heterocycles. The number of hydrogen-bond acceptors (Lipinski definition) is 10. The van der Waals surface area contributed by atoms with E-state index < -0.39 is 34.7 Å². The number of nitrogens with two attached hydrogens (primary N) is 1. The van der Waals surface area contributed by atoms with Gasteiger partial charge in [-0.25, -0.2) is 17.7 Å². The number of thiazole rings is 1. The second kappa shape index (κ2) is 7.55. The van der Waals surface area contributed by atoms with Crippen LogP contribution in [-0.2, 0) is 24.7 Å². The average Bonchev–Trinajstić information content (AvgIpc) is 2.84. The number of nitrogens with zero attached hydrogens (tertiary/aromatic N) is 3. The molecule has 23 heavy (non-hydrogen) atoms. The molecule has 1 aliphatic rings. The summed E-state index contributed by atoms with van der Waals surface area (Å²) in [5.74, 6) is -1.83. The van der Waals surface area contributed by atoms with Crippen LogP contribution in [0.3, 0.4) is 0 Å². The fraction of sp³-hybridized carbons (Fsp3) is 0.333. The first-order valence-corrected chi connectivity index (χ1v) is 7.89. The molecule has 1 unspecified atom stereocenters. The normalized spacial score (nSPS) is 18.0. The zero-order valence-electron chi connectivity index (χ0n) is 12.0. The summed E-state index contributed by atoms with van der Waals surface area (Å²) in [6.45, 7) is -0.435. The van der Waals surface area contributed by atoms with Gasteiger partial charge in [-0.15, -0.1) is 11.3 Å². The predicted octanol–water partition coefficient (Wildman–Crippen LogP) is -5.13. The first kappa shape index (κ1) is 19.8. The number of anilines is 1. The van der Waals surface area contributed by atoms with E-state index in [9.17, 15) is 22.6 Å². The summed E-state index contributed by atoms with van der Waals surface area (Å²) in [6, 6.07) is -1.13. The van der Waals surface area contributed by atoms with Gasteiger partial charge in [0.25, 0.3) is 11.8 Å². The second-order valence-corrected chi connectivity index (χ2v) is 6.23. The number of hydrogen-bond donors (Lipinski definition) is 2. The molecule has 1 aromatic heterocycles. The van der Waals surface area contributed by atoms with Gasteiger partial charge in [-0.2, -0.15) is 0 Å². The number of oxime groups is 1. The van der Waals surface area contributed by atoms with Gasteiger partial charge in [-0.1, -0.05) is 5.16 Å². The van der Waals surface area contributed by atoms with Gasteiger partial charge in [-0.05, 0) is 0 Å². The van der Waals surface area contributed by atoms with Crippen molar-refractivity contribution >= 4 is 44.3 Å². The fourth-order valence-corrected chi connectivity index (χ4v) is 2.85. The minimum absolute atomic E-state index is 0. The van der Waals surface area contributed by atoms with Gasteiger partial charge in [0.05, 0.1) is 6.54 Å². The molecular formula is C9H10N5NaO6S2. The molecule has 0 spiro atoms. The number of β-lactam (4-membered cyclic amide) rings is 1. The summed E-state index contributed by atoms with van der Waals surface area (Å²) < 4.78 is 32.2. The predicted molar refractivity (Wildman–Crippen MR) is 73.4 cm³/mol. The van der Waals surface area contributed by atoms with Crippen molar-refractivity contribution < 1.29 is 57.0 Å². The van der Waals surface area contributed by atoms with Crippen LogP contribution in [0.25, 0.3) is 0 Å². The number of amides is 2. The molecular weight excluding hydrogens is 361 g/mol. The maximum Gasteiger partial charge on any atom is 1.00 e. The van der Waals surface area contributed by atoms with Gasteiger partial charge in [-0.3, -0.25) is 9.59 Å². The Labute approximate surface area is 157 Å². The number of nitrogen functional groups attached to an aromatic ring is 1. The molecule has 1 aliphatic heterocycles. The van der Waals surface area contributed by atoms with Crippen molar-refractivity contribution in [1.29, 1.82) is 0 Å². The molecule has 1 aromatic rings. The van der Waals surface area contributed by atoms with E-state index in [1.807, 2.05) is 0 Å². The van der Waals surface area contributed by atoms with E-state index in [1.165, 1.54) is 12.5 Å². The van der Waals surface area contributed by atoms with Crippen molar-refractivity contribution in [3.8, 4) is 0 Å². The van der Waals surface area contributed by atoms with Gasteiger partial charge in [0.2, 0.25) is 0 Å². The maximum absolute atomic E-state index is 12.1. The van der Waals surface area contributed by atoms with Crippen molar-refractivity contribution in [3.05, 3.63) is 11.1 Å². The van der Waals surface area contributed by atoms with Crippen LogP contribution in [0.4, 0.5) is 5.13 Å². The molecule has 1 fully saturated rings. The molecule has 11 nitrogen and oxygen atoms in total. The van der Waals surface area contributed by atoms with Crippen LogP contribution in [0.1, 0.15) is 5.69 Å². The van der Waals surface area contributed by atoms with Gasteiger partial charge in [0.15, 0.2) is 21.1 Å². The molecule has 120 valence electrons. The summed E-state index contributed by atoms with van der Waals surface area (Å²) in [7, 11) is -3.65. The van der Waals surface area contributed by atoms with E-state index in [0.717, 1.165) is 11.3 Å². The zero-order valence-corrected chi connectivity index (χ0v) is 15.7. The second-order valence-electron chi connectivity index (χ2n) is 4.05. The maximum atomic E-state index is 12.1. The molecule has 2 rings (SSSR count). The average molecular weight is 371 g/mol. The van der Waals surface area contributed by atoms with Gasteiger partial charge in [0, 0.05) is 5.38 Å². The topological polar surface area (TPSA) is 167 Å². The quantitative estimate of drug-likeness (QED) is 0.170. The van der Waals surface area contributed by atoms with Crippen LogP contribution < -0.4 is 40.6 Å². The summed E-state index contributed by atoms with van der Waals surface area (Å²) in [5.41, 5.74) is 5.37. The standard InChI is InChI=1S/C9H11N5O6S2.Na/c1-20-13-6(5-3-21-9(10)12-5)7(15)11-4-2-14(8(4)16)22(17,18)19;/h3-4H,2H2,1H3,(H2,10,12)(H,11,15)(H,17,18,19);/q;+1/p-1/b13-6+;. The molecule has 1 saturated heterocycles. The van der Waals surface area contributed by atoms with Crippen LogP contribution in [0.2, 0.25) is 0 Å². The van der Waals surface area contributed by atoms with E-state index >= 15 is 0 Å². The Morgan fingerprint density at radius 3 is 2.74 bits per heavy atom. The number of carbonyl (C=O) groups excluding carboxylic acids is 2. The smallest absolute Gasteiger partial charge is 0.731 e. The Morgan fingerprint density at radius 1 is 1.65 bits per heavy atom. The largest absolute Gasteiger partial charge is 1.00 e. The van der Waals surface area contributed by atoms with Crippen LogP contribution >= 0.6 is 11.3 Å². The first-order valence-electron chi connectivity index (χ1n) is 5.65. The Morgan fingerprint density at radius 2 is 2.30 bits per heavy atom. The van der Waals surface area contributed by atoms with E-state index in [-0.39, 0.29) is 50.4 Å². The van der Waals surface area contributed by atoms with Crippen molar-refractivity contribution in [3.63, 3.8) is 0 Å². The summed E-state index contributed by atoms with van der Waals surface area (Å²) >= 11 is 1.07. The fourth-order valence-electron chi connectivity index (χ4n) is 1.62. The third-order valence-corrected chi connectivity index (χ3v) is 4.17. The molecule has 0 aliphatic carbocycles. The van der Waals surface area contributed by atoms with Crippen LogP contribution in [0.15, 0.2) is 10.5 Å². The minimum Gasteiger partial charge on any atom is -0.731 e. The van der Waals surface area contributed by atoms with E-state index in [1.54, 1.807) is 0 Å². The third-order valence-electron chi connectivity index (χ3n) is 2.63. The molecule has 14 heteroatoms. The summed E-state index contributed by atoms with van der Waals surface area (Å²) in [6.07, 6.45) is 0. The van der Waals surface area contributed by atoms with E-state index in [4.69, 9.17) is 5.73 Å². The van der Waals surface area contributed by atoms with E-state index in [2.05, 4.69) is 20.3 Å². The molecule has 2 amide bonds. The zero-order chi connectivity index (χ0) is 16.5. The Balaban J connectivity index is 0.00000264. The van der Waals surface area contributed by atoms with Crippen LogP contribution in [0.5, 0.6) is 0 Å². The Hall–Kier alpha value is -1.25. The van der Waals surface area contributed by atoms with Gasteiger partial charge >= 0.3 is 29.6 Å². The van der Waals surface area contributed by atoms with E-state index in [0.29, 0.717) is 0 Å². The van der Waals surface area contributed by atoms with Crippen molar-refractivity contribution in [2.45, 2.75) is 6.04 Å². The van der Waals surface area contributed by atoms with Gasteiger partial charge in [0.1, 0.15) is 18.8 Å². The Bertz CT molecular complexity index is 747. The number of rotatable bonds is 5. The SMILES string of the molecule is CO/N=C(/C(=O)NC1CN(S(=O)(=O)[O-])C1=O)c1csc(N)n1.[Na+].